The molecule has 0 aromatic heterocycles. The molecule has 0 amide bonds. The monoisotopic (exact) mass is 558 g/mol. The molecule has 0 aliphatic rings. The SMILES string of the molecule is C=CCc1c(Br)c(Br)c(C(=O)OBr)c(C(=O)OBr)c1CC=C. The van der Waals surface area contributed by atoms with Gasteiger partial charge in [0.25, 0.3) is 0 Å². The number of halogens is 4. The molecule has 1 aromatic carbocycles. The van der Waals surface area contributed by atoms with Crippen LogP contribution in [0.3, 0.4) is 0 Å². The van der Waals surface area contributed by atoms with Crippen molar-refractivity contribution in [3.63, 3.8) is 0 Å². The summed E-state index contributed by atoms with van der Waals surface area (Å²) in [5.74, 6) is -1.43. The first-order valence-electron chi connectivity index (χ1n) is 5.84. The van der Waals surface area contributed by atoms with Gasteiger partial charge in [-0.2, -0.15) is 0 Å². The van der Waals surface area contributed by atoms with Crippen LogP contribution < -0.4 is 0 Å². The Morgan fingerprint density at radius 1 is 0.864 bits per heavy atom. The van der Waals surface area contributed by atoms with Crippen LogP contribution in [0.1, 0.15) is 31.8 Å². The Hall–Kier alpha value is -0.440. The third-order valence-corrected chi connectivity index (χ3v) is 5.63. The molecule has 1 rings (SSSR count). The van der Waals surface area contributed by atoms with Gasteiger partial charge in [0.1, 0.15) is 0 Å². The van der Waals surface area contributed by atoms with E-state index < -0.39 is 11.9 Å². The van der Waals surface area contributed by atoms with Gasteiger partial charge >= 0.3 is 11.9 Å². The van der Waals surface area contributed by atoms with Gasteiger partial charge in [0.15, 0.2) is 32.5 Å². The highest BCUT2D eigenvalue weighted by molar-refractivity contribution is 9.13. The van der Waals surface area contributed by atoms with Crippen molar-refractivity contribution in [2.24, 2.45) is 0 Å². The molecule has 0 saturated heterocycles. The van der Waals surface area contributed by atoms with Gasteiger partial charge in [-0.15, -0.1) is 13.2 Å². The van der Waals surface area contributed by atoms with Crippen LogP contribution in [-0.2, 0) is 20.5 Å². The van der Waals surface area contributed by atoms with Gasteiger partial charge in [0, 0.05) is 8.95 Å². The minimum absolute atomic E-state index is 0.0536. The highest BCUT2D eigenvalue weighted by atomic mass is 79.9. The maximum absolute atomic E-state index is 12.2. The molecular formula is C14H10Br4O4. The van der Waals surface area contributed by atoms with Crippen LogP contribution in [0.4, 0.5) is 0 Å². The first kappa shape index (κ1) is 19.6. The maximum Gasteiger partial charge on any atom is 0.351 e. The number of rotatable bonds is 6. The van der Waals surface area contributed by atoms with E-state index in [1.165, 1.54) is 0 Å². The Morgan fingerprint density at radius 2 is 1.32 bits per heavy atom. The fourth-order valence-electron chi connectivity index (χ4n) is 2.01. The Morgan fingerprint density at radius 3 is 1.77 bits per heavy atom. The van der Waals surface area contributed by atoms with E-state index in [4.69, 9.17) is 0 Å². The molecule has 0 bridgehead atoms. The highest BCUT2D eigenvalue weighted by Crippen LogP contribution is 2.38. The number of benzene rings is 1. The summed E-state index contributed by atoms with van der Waals surface area (Å²) in [5.41, 5.74) is 1.58. The third-order valence-electron chi connectivity index (χ3n) is 2.84. The molecule has 0 atom stereocenters. The molecule has 0 aliphatic carbocycles. The predicted octanol–water partition coefficient (Wildman–Crippen LogP) is 5.60. The van der Waals surface area contributed by atoms with E-state index >= 15 is 0 Å². The second-order valence-electron chi connectivity index (χ2n) is 4.05. The van der Waals surface area contributed by atoms with E-state index in [-0.39, 0.29) is 11.1 Å². The lowest BCUT2D eigenvalue weighted by Gasteiger charge is -2.18. The molecule has 4 nitrogen and oxygen atoms in total. The van der Waals surface area contributed by atoms with Crippen LogP contribution in [0.15, 0.2) is 34.3 Å². The minimum Gasteiger partial charge on any atom is -0.380 e. The van der Waals surface area contributed by atoms with Crippen molar-refractivity contribution >= 4 is 76.3 Å². The molecule has 1 aromatic rings. The van der Waals surface area contributed by atoms with Gasteiger partial charge in [-0.05, 0) is 55.8 Å². The zero-order valence-corrected chi connectivity index (χ0v) is 17.5. The van der Waals surface area contributed by atoms with E-state index in [0.29, 0.717) is 27.4 Å². The molecule has 0 spiro atoms. The van der Waals surface area contributed by atoms with Crippen LogP contribution in [0, 0.1) is 0 Å². The summed E-state index contributed by atoms with van der Waals surface area (Å²) in [4.78, 5) is 24.2. The molecule has 0 aliphatic heterocycles. The number of allylic oxidation sites excluding steroid dienone is 2. The van der Waals surface area contributed by atoms with E-state index in [0.717, 1.165) is 5.56 Å². The van der Waals surface area contributed by atoms with Crippen LogP contribution in [0.5, 0.6) is 0 Å². The molecule has 0 fully saturated rings. The van der Waals surface area contributed by atoms with Gasteiger partial charge in [-0.25, -0.2) is 9.59 Å². The highest BCUT2D eigenvalue weighted by Gasteiger charge is 2.30. The minimum atomic E-state index is -0.726. The van der Waals surface area contributed by atoms with Gasteiger partial charge in [0.05, 0.1) is 11.1 Å². The average Bonchev–Trinajstić information content (AvgIpc) is 2.52. The van der Waals surface area contributed by atoms with Gasteiger partial charge < -0.3 is 7.66 Å². The van der Waals surface area contributed by atoms with Crippen molar-refractivity contribution < 1.29 is 17.2 Å². The van der Waals surface area contributed by atoms with Crippen molar-refractivity contribution in [2.75, 3.05) is 0 Å². The number of carbonyl (C=O) groups excluding carboxylic acids is 2. The third kappa shape index (κ3) is 3.90. The molecule has 0 heterocycles. The first-order valence-corrected chi connectivity index (χ1v) is 8.72. The van der Waals surface area contributed by atoms with Crippen molar-refractivity contribution in [3.8, 4) is 0 Å². The smallest absolute Gasteiger partial charge is 0.351 e. The topological polar surface area (TPSA) is 52.6 Å². The Bertz CT molecular complexity index is 640. The molecule has 0 N–H and O–H groups in total. The van der Waals surface area contributed by atoms with Crippen molar-refractivity contribution in [1.82, 2.24) is 0 Å². The summed E-state index contributed by atoms with van der Waals surface area (Å²) < 4.78 is 10.3. The van der Waals surface area contributed by atoms with Gasteiger partial charge in [-0.1, -0.05) is 12.2 Å². The van der Waals surface area contributed by atoms with E-state index in [1.54, 1.807) is 12.2 Å². The summed E-state index contributed by atoms with van der Waals surface area (Å²) >= 11 is 12.1. The maximum atomic E-state index is 12.2. The Balaban J connectivity index is 3.92. The Kier molecular flexibility index (Phi) is 8.02. The molecule has 0 radical (unpaired) electrons. The lowest BCUT2D eigenvalue weighted by Crippen LogP contribution is -2.16. The number of carbonyl (C=O) groups is 2. The standard InChI is InChI=1S/C14H10Br4O4/c1-3-5-7-8(6-4-2)11(15)12(16)10(14(20)22-18)9(7)13(19)21-17/h3-4H,1-2,5-6H2. The first-order chi connectivity index (χ1) is 10.4. The second-order valence-corrected chi connectivity index (χ2v) is 6.28. The quantitative estimate of drug-likeness (QED) is 0.424. The number of hydrogen-bond donors (Lipinski definition) is 0. The van der Waals surface area contributed by atoms with E-state index in [9.17, 15) is 9.59 Å². The Labute approximate surface area is 162 Å². The molecule has 0 unspecified atom stereocenters. The van der Waals surface area contributed by atoms with Gasteiger partial charge in [-0.3, -0.25) is 0 Å². The normalized spacial score (nSPS) is 10.0. The fourth-order valence-corrected chi connectivity index (χ4v) is 3.53. The summed E-state index contributed by atoms with van der Waals surface area (Å²) in [7, 11) is 0. The summed E-state index contributed by atoms with van der Waals surface area (Å²) in [6, 6.07) is 0. The second kappa shape index (κ2) is 9.00. The average molecular weight is 562 g/mol. The number of hydrogen-bond acceptors (Lipinski definition) is 4. The summed E-state index contributed by atoms with van der Waals surface area (Å²) in [6.45, 7) is 7.40. The predicted molar refractivity (Wildman–Crippen MR) is 98.3 cm³/mol. The van der Waals surface area contributed by atoms with Gasteiger partial charge in [0.2, 0.25) is 0 Å². The van der Waals surface area contributed by atoms with Crippen LogP contribution in [0.2, 0.25) is 0 Å². The van der Waals surface area contributed by atoms with Crippen molar-refractivity contribution in [1.29, 1.82) is 0 Å². The molecular weight excluding hydrogens is 552 g/mol. The summed E-state index contributed by atoms with van der Waals surface area (Å²) in [5, 5.41) is 0. The molecule has 22 heavy (non-hydrogen) atoms. The van der Waals surface area contributed by atoms with Crippen LogP contribution in [-0.4, -0.2) is 11.9 Å². The molecule has 0 saturated carbocycles. The van der Waals surface area contributed by atoms with E-state index in [1.807, 2.05) is 0 Å². The lowest BCUT2D eigenvalue weighted by molar-refractivity contribution is 0.0738. The lowest BCUT2D eigenvalue weighted by atomic mass is 9.92. The largest absolute Gasteiger partial charge is 0.380 e. The van der Waals surface area contributed by atoms with E-state index in [2.05, 4.69) is 85.2 Å². The van der Waals surface area contributed by atoms with Crippen LogP contribution >= 0.6 is 64.4 Å². The fraction of sp³-hybridized carbons (Fsp3) is 0.143. The van der Waals surface area contributed by atoms with Crippen molar-refractivity contribution in [3.05, 3.63) is 56.5 Å². The molecule has 118 valence electrons. The zero-order valence-electron chi connectivity index (χ0n) is 11.1. The van der Waals surface area contributed by atoms with Crippen LogP contribution in [0.25, 0.3) is 0 Å². The zero-order chi connectivity index (χ0) is 16.9. The van der Waals surface area contributed by atoms with Crippen molar-refractivity contribution in [2.45, 2.75) is 12.8 Å². The molecule has 8 heteroatoms. The summed E-state index contributed by atoms with van der Waals surface area (Å²) in [6.07, 6.45) is 4.20.